The first-order chi connectivity index (χ1) is 13.7. The highest BCUT2D eigenvalue weighted by Crippen LogP contribution is 2.33. The highest BCUT2D eigenvalue weighted by Gasteiger charge is 2.34. The van der Waals surface area contributed by atoms with Gasteiger partial charge in [0, 0.05) is 25.4 Å². The molecule has 28 heavy (non-hydrogen) atoms. The zero-order valence-corrected chi connectivity index (χ0v) is 15.9. The fraction of sp³-hybridized carbons (Fsp3) is 0.350. The van der Waals surface area contributed by atoms with Crippen molar-refractivity contribution >= 4 is 17.5 Å². The summed E-state index contributed by atoms with van der Waals surface area (Å²) in [7, 11) is 0. The Bertz CT molecular complexity index is 972. The van der Waals surface area contributed by atoms with Crippen molar-refractivity contribution in [3.05, 3.63) is 59.8 Å². The van der Waals surface area contributed by atoms with E-state index in [0.29, 0.717) is 41.9 Å². The van der Waals surface area contributed by atoms with E-state index in [1.54, 1.807) is 18.6 Å². The van der Waals surface area contributed by atoms with Crippen molar-refractivity contribution in [1.82, 2.24) is 24.8 Å². The maximum Gasteiger partial charge on any atom is 0.292 e. The van der Waals surface area contributed by atoms with Crippen LogP contribution in [0.1, 0.15) is 53.6 Å². The fourth-order valence-electron chi connectivity index (χ4n) is 3.45. The summed E-state index contributed by atoms with van der Waals surface area (Å²) in [6, 6.07) is 5.65. The lowest BCUT2D eigenvalue weighted by atomic mass is 10.1. The molecule has 1 aliphatic heterocycles. The third kappa shape index (κ3) is 3.58. The van der Waals surface area contributed by atoms with E-state index >= 15 is 0 Å². The quantitative estimate of drug-likeness (QED) is 0.726. The van der Waals surface area contributed by atoms with Gasteiger partial charge in [-0.15, -0.1) is 0 Å². The van der Waals surface area contributed by atoms with Gasteiger partial charge in [0.1, 0.15) is 11.6 Å². The smallest absolute Gasteiger partial charge is 0.292 e. The van der Waals surface area contributed by atoms with Crippen molar-refractivity contribution in [2.75, 3.05) is 11.9 Å². The topological polar surface area (TPSA) is 97.0 Å². The van der Waals surface area contributed by atoms with Crippen LogP contribution in [0.2, 0.25) is 0 Å². The summed E-state index contributed by atoms with van der Waals surface area (Å²) in [5.74, 6) is 2.08. The summed E-state index contributed by atoms with van der Waals surface area (Å²) in [5.41, 5.74) is 1.48. The van der Waals surface area contributed by atoms with Crippen molar-refractivity contribution in [2.45, 2.75) is 39.2 Å². The molecule has 1 amide bonds. The molecule has 4 heterocycles. The predicted octanol–water partition coefficient (Wildman–Crippen LogP) is 3.45. The number of hydrogen-bond acceptors (Lipinski definition) is 7. The number of aryl methyl sites for hydroxylation is 2. The van der Waals surface area contributed by atoms with Crippen LogP contribution >= 0.6 is 0 Å². The molecule has 1 aliphatic rings. The molecule has 8 heteroatoms. The Hall–Kier alpha value is -3.29. The monoisotopic (exact) mass is 378 g/mol. The average Bonchev–Trinajstić information content (AvgIpc) is 3.35. The van der Waals surface area contributed by atoms with Gasteiger partial charge in [-0.3, -0.25) is 9.78 Å². The van der Waals surface area contributed by atoms with Gasteiger partial charge in [-0.2, -0.15) is 0 Å². The SMILES string of the molecule is CCc1nc(C)c(C(=O)N2CCC[C@@H]2c2cccc(Nc3cnccn3)n2)o1. The molecule has 1 saturated heterocycles. The van der Waals surface area contributed by atoms with E-state index in [0.717, 1.165) is 18.5 Å². The standard InChI is InChI=1S/C20H22N6O2/c1-3-18-23-13(2)19(28-18)20(27)26-11-5-7-15(26)14-6-4-8-16(24-14)25-17-12-21-9-10-22-17/h4,6,8-10,12,15H,3,5,7,11H2,1-2H3,(H,22,24,25)/t15-/m1/s1. The summed E-state index contributed by atoms with van der Waals surface area (Å²) < 4.78 is 5.67. The van der Waals surface area contributed by atoms with Crippen LogP contribution in [0.4, 0.5) is 11.6 Å². The lowest BCUT2D eigenvalue weighted by Crippen LogP contribution is -2.31. The molecule has 1 fully saturated rings. The minimum atomic E-state index is -0.124. The molecular formula is C20H22N6O2. The Balaban J connectivity index is 1.57. The maximum absolute atomic E-state index is 13.1. The number of oxazole rings is 1. The van der Waals surface area contributed by atoms with E-state index in [1.165, 1.54) is 0 Å². The summed E-state index contributed by atoms with van der Waals surface area (Å²) in [5, 5.41) is 3.15. The molecule has 3 aromatic heterocycles. The minimum absolute atomic E-state index is 0.0920. The Morgan fingerprint density at radius 1 is 1.29 bits per heavy atom. The van der Waals surface area contributed by atoms with E-state index < -0.39 is 0 Å². The number of aromatic nitrogens is 4. The molecule has 0 bridgehead atoms. The van der Waals surface area contributed by atoms with Crippen LogP contribution < -0.4 is 5.32 Å². The third-order valence-electron chi connectivity index (χ3n) is 4.78. The lowest BCUT2D eigenvalue weighted by molar-refractivity contribution is 0.0697. The zero-order chi connectivity index (χ0) is 19.5. The van der Waals surface area contributed by atoms with E-state index in [4.69, 9.17) is 9.40 Å². The molecule has 0 unspecified atom stereocenters. The first kappa shape index (κ1) is 18.1. The largest absolute Gasteiger partial charge is 0.435 e. The van der Waals surface area contributed by atoms with Crippen LogP contribution in [0.3, 0.4) is 0 Å². The van der Waals surface area contributed by atoms with Gasteiger partial charge >= 0.3 is 0 Å². The zero-order valence-electron chi connectivity index (χ0n) is 15.9. The minimum Gasteiger partial charge on any atom is -0.435 e. The van der Waals surface area contributed by atoms with E-state index in [-0.39, 0.29) is 11.9 Å². The highest BCUT2D eigenvalue weighted by atomic mass is 16.4. The Morgan fingerprint density at radius 3 is 2.93 bits per heavy atom. The Morgan fingerprint density at radius 2 is 2.18 bits per heavy atom. The fourth-order valence-corrected chi connectivity index (χ4v) is 3.45. The number of nitrogens with one attached hydrogen (secondary N) is 1. The van der Waals surface area contributed by atoms with Gasteiger partial charge in [-0.25, -0.2) is 15.0 Å². The summed E-state index contributed by atoms with van der Waals surface area (Å²) in [6.45, 7) is 4.44. The molecule has 0 aromatic carbocycles. The average molecular weight is 378 g/mol. The van der Waals surface area contributed by atoms with E-state index in [9.17, 15) is 4.79 Å². The van der Waals surface area contributed by atoms with Gasteiger partial charge in [0.25, 0.3) is 5.91 Å². The second-order valence-corrected chi connectivity index (χ2v) is 6.70. The molecule has 0 spiro atoms. The van der Waals surface area contributed by atoms with Gasteiger partial charge in [0.15, 0.2) is 5.89 Å². The first-order valence-corrected chi connectivity index (χ1v) is 9.43. The number of anilines is 2. The normalized spacial score (nSPS) is 16.4. The number of likely N-dealkylation sites (tertiary alicyclic amines) is 1. The maximum atomic E-state index is 13.1. The molecule has 144 valence electrons. The van der Waals surface area contributed by atoms with Crippen LogP contribution in [-0.4, -0.2) is 37.3 Å². The van der Waals surface area contributed by atoms with Gasteiger partial charge < -0.3 is 14.6 Å². The molecule has 0 aliphatic carbocycles. The molecular weight excluding hydrogens is 356 g/mol. The second-order valence-electron chi connectivity index (χ2n) is 6.70. The molecule has 3 aromatic rings. The summed E-state index contributed by atoms with van der Waals surface area (Å²) >= 11 is 0. The van der Waals surface area contributed by atoms with Gasteiger partial charge in [0.2, 0.25) is 5.76 Å². The number of nitrogens with zero attached hydrogens (tertiary/aromatic N) is 5. The first-order valence-electron chi connectivity index (χ1n) is 9.43. The molecule has 1 N–H and O–H groups in total. The second kappa shape index (κ2) is 7.75. The number of carbonyl (C=O) groups is 1. The highest BCUT2D eigenvalue weighted by molar-refractivity contribution is 5.93. The van der Waals surface area contributed by atoms with Crippen molar-refractivity contribution < 1.29 is 9.21 Å². The van der Waals surface area contributed by atoms with Crippen molar-refractivity contribution in [2.24, 2.45) is 0 Å². The molecule has 4 rings (SSSR count). The molecule has 8 nitrogen and oxygen atoms in total. The lowest BCUT2D eigenvalue weighted by Gasteiger charge is -2.24. The molecule has 1 atom stereocenters. The van der Waals surface area contributed by atoms with Crippen LogP contribution in [0.5, 0.6) is 0 Å². The van der Waals surface area contributed by atoms with Gasteiger partial charge in [-0.1, -0.05) is 13.0 Å². The Labute approximate surface area is 163 Å². The van der Waals surface area contributed by atoms with Crippen LogP contribution in [0.25, 0.3) is 0 Å². The van der Waals surface area contributed by atoms with Crippen molar-refractivity contribution in [1.29, 1.82) is 0 Å². The number of rotatable bonds is 5. The summed E-state index contributed by atoms with van der Waals surface area (Å²) in [4.78, 5) is 32.2. The number of hydrogen-bond donors (Lipinski definition) is 1. The van der Waals surface area contributed by atoms with Gasteiger partial charge in [-0.05, 0) is 31.9 Å². The molecule has 0 radical (unpaired) electrons. The van der Waals surface area contributed by atoms with Crippen molar-refractivity contribution in [3.8, 4) is 0 Å². The van der Waals surface area contributed by atoms with Crippen LogP contribution in [0.15, 0.2) is 41.2 Å². The predicted molar refractivity (Wildman–Crippen MR) is 103 cm³/mol. The van der Waals surface area contributed by atoms with Crippen LogP contribution in [0, 0.1) is 6.92 Å². The van der Waals surface area contributed by atoms with E-state index in [2.05, 4.69) is 20.3 Å². The number of amides is 1. The molecule has 0 saturated carbocycles. The van der Waals surface area contributed by atoms with Crippen LogP contribution in [-0.2, 0) is 6.42 Å². The van der Waals surface area contributed by atoms with Gasteiger partial charge in [0.05, 0.1) is 23.6 Å². The summed E-state index contributed by atoms with van der Waals surface area (Å²) in [6.07, 6.45) is 7.32. The van der Waals surface area contributed by atoms with Crippen molar-refractivity contribution in [3.63, 3.8) is 0 Å². The third-order valence-corrected chi connectivity index (χ3v) is 4.78. The number of carbonyl (C=O) groups excluding carboxylic acids is 1. The Kier molecular flexibility index (Phi) is 5.01. The number of pyridine rings is 1. The van der Waals surface area contributed by atoms with E-state index in [1.807, 2.05) is 36.9 Å².